The number of hydrogen-bond acceptors (Lipinski definition) is 5. The highest BCUT2D eigenvalue weighted by molar-refractivity contribution is 8.00. The van der Waals surface area contributed by atoms with Crippen LogP contribution in [0.5, 0.6) is 11.5 Å². The number of carbonyl (C=O) groups is 2. The highest BCUT2D eigenvalue weighted by Gasteiger charge is 2.31. The Labute approximate surface area is 243 Å². The van der Waals surface area contributed by atoms with E-state index in [1.54, 1.807) is 72.8 Å². The predicted octanol–water partition coefficient (Wildman–Crippen LogP) is 8.10. The highest BCUT2D eigenvalue weighted by Crippen LogP contribution is 2.39. The first-order valence-electron chi connectivity index (χ1n) is 12.1. The lowest BCUT2D eigenvalue weighted by Crippen LogP contribution is -2.20. The Morgan fingerprint density at radius 1 is 0.829 bits per heavy atom. The molecule has 6 nitrogen and oxygen atoms in total. The normalized spacial score (nSPS) is 11.9. The number of ether oxygens (including phenoxy) is 2. The van der Waals surface area contributed by atoms with Crippen LogP contribution in [0, 0.1) is 0 Å². The molecule has 4 aromatic carbocycles. The van der Waals surface area contributed by atoms with Crippen molar-refractivity contribution in [1.82, 2.24) is 0 Å². The van der Waals surface area contributed by atoms with Gasteiger partial charge < -0.3 is 20.1 Å². The summed E-state index contributed by atoms with van der Waals surface area (Å²) in [4.78, 5) is 27.0. The SMILES string of the molecule is COc1ccc(C(=O)Nc2cccc(SC(C(=O)Nc3cc(C(F)(F)F)ccc3Cl)c3ccccc3)c2)cc1OC. The maximum absolute atomic E-state index is 13.4. The summed E-state index contributed by atoms with van der Waals surface area (Å²) in [6, 6.07) is 23.2. The lowest BCUT2D eigenvalue weighted by Gasteiger charge is -2.19. The van der Waals surface area contributed by atoms with E-state index < -0.39 is 22.9 Å². The van der Waals surface area contributed by atoms with Crippen LogP contribution in [-0.2, 0) is 11.0 Å². The fraction of sp³-hybridized carbons (Fsp3) is 0.133. The van der Waals surface area contributed by atoms with Gasteiger partial charge in [-0.05, 0) is 60.2 Å². The van der Waals surface area contributed by atoms with Gasteiger partial charge in [-0.2, -0.15) is 13.2 Å². The Morgan fingerprint density at radius 2 is 1.56 bits per heavy atom. The molecule has 0 heterocycles. The van der Waals surface area contributed by atoms with Crippen LogP contribution in [0.15, 0.2) is 95.9 Å². The maximum atomic E-state index is 13.4. The average molecular weight is 601 g/mol. The van der Waals surface area contributed by atoms with Crippen LogP contribution in [0.2, 0.25) is 5.02 Å². The van der Waals surface area contributed by atoms with Gasteiger partial charge in [0.05, 0.1) is 30.5 Å². The number of carbonyl (C=O) groups excluding carboxylic acids is 2. The van der Waals surface area contributed by atoms with Crippen LogP contribution in [0.25, 0.3) is 0 Å². The molecule has 4 aromatic rings. The molecule has 1 unspecified atom stereocenters. The quantitative estimate of drug-likeness (QED) is 0.190. The van der Waals surface area contributed by atoms with E-state index in [0.717, 1.165) is 18.2 Å². The number of hydrogen-bond donors (Lipinski definition) is 2. The van der Waals surface area contributed by atoms with E-state index in [1.165, 1.54) is 26.0 Å². The summed E-state index contributed by atoms with van der Waals surface area (Å²) < 4.78 is 50.2. The number of rotatable bonds is 9. The van der Waals surface area contributed by atoms with Gasteiger partial charge in [0, 0.05) is 16.1 Å². The van der Waals surface area contributed by atoms with Gasteiger partial charge in [0.15, 0.2) is 11.5 Å². The van der Waals surface area contributed by atoms with Gasteiger partial charge in [0.25, 0.3) is 5.91 Å². The number of alkyl halides is 3. The topological polar surface area (TPSA) is 76.7 Å². The molecule has 1 atom stereocenters. The number of benzene rings is 4. The summed E-state index contributed by atoms with van der Waals surface area (Å²) in [7, 11) is 2.97. The molecular weight excluding hydrogens is 577 g/mol. The standard InChI is InChI=1S/C30H24ClF3N2O4S/c1-39-25-14-11-19(15-26(25)40-2)28(37)35-21-9-6-10-22(17-21)41-27(18-7-4-3-5-8-18)29(38)36-24-16-20(30(32,33)34)12-13-23(24)31/h3-17,27H,1-2H3,(H,35,37)(H,36,38). The van der Waals surface area contributed by atoms with Crippen LogP contribution >= 0.6 is 23.4 Å². The molecule has 0 fully saturated rings. The zero-order valence-corrected chi connectivity index (χ0v) is 23.4. The number of nitrogens with one attached hydrogen (secondary N) is 2. The molecule has 0 aromatic heterocycles. The van der Waals surface area contributed by atoms with E-state index in [9.17, 15) is 22.8 Å². The van der Waals surface area contributed by atoms with E-state index >= 15 is 0 Å². The monoisotopic (exact) mass is 600 g/mol. The fourth-order valence-corrected chi connectivity index (χ4v) is 5.11. The zero-order valence-electron chi connectivity index (χ0n) is 21.8. The smallest absolute Gasteiger partial charge is 0.416 e. The van der Waals surface area contributed by atoms with E-state index in [2.05, 4.69) is 10.6 Å². The molecule has 0 spiro atoms. The van der Waals surface area contributed by atoms with Gasteiger partial charge in [0.1, 0.15) is 5.25 Å². The predicted molar refractivity (Wildman–Crippen MR) is 154 cm³/mol. The van der Waals surface area contributed by atoms with E-state index in [1.807, 2.05) is 0 Å². The summed E-state index contributed by atoms with van der Waals surface area (Å²) in [6.45, 7) is 0. The molecule has 0 aliphatic rings. The van der Waals surface area contributed by atoms with Gasteiger partial charge in [-0.3, -0.25) is 9.59 Å². The largest absolute Gasteiger partial charge is 0.493 e. The molecule has 2 amide bonds. The molecular formula is C30H24ClF3N2O4S. The van der Waals surface area contributed by atoms with Crippen molar-refractivity contribution in [2.75, 3.05) is 24.9 Å². The van der Waals surface area contributed by atoms with Crippen LogP contribution in [0.1, 0.15) is 26.7 Å². The summed E-state index contributed by atoms with van der Waals surface area (Å²) in [5, 5.41) is 4.50. The molecule has 11 heteroatoms. The summed E-state index contributed by atoms with van der Waals surface area (Å²) >= 11 is 7.28. The Morgan fingerprint density at radius 3 is 2.24 bits per heavy atom. The Bertz CT molecular complexity index is 1550. The molecule has 212 valence electrons. The van der Waals surface area contributed by atoms with Crippen LogP contribution in [0.4, 0.5) is 24.5 Å². The first kappa shape index (κ1) is 29.8. The lowest BCUT2D eigenvalue weighted by atomic mass is 10.1. The van der Waals surface area contributed by atoms with Crippen LogP contribution in [-0.4, -0.2) is 26.0 Å². The van der Waals surface area contributed by atoms with Crippen molar-refractivity contribution in [2.45, 2.75) is 16.3 Å². The van der Waals surface area contributed by atoms with Gasteiger partial charge in [-0.1, -0.05) is 48.0 Å². The summed E-state index contributed by atoms with van der Waals surface area (Å²) in [5.74, 6) is -0.0621. The van der Waals surface area contributed by atoms with Crippen molar-refractivity contribution in [3.63, 3.8) is 0 Å². The first-order chi connectivity index (χ1) is 19.6. The fourth-order valence-electron chi connectivity index (χ4n) is 3.86. The average Bonchev–Trinajstić information content (AvgIpc) is 2.96. The third-order valence-electron chi connectivity index (χ3n) is 5.88. The number of methoxy groups -OCH3 is 2. The van der Waals surface area contributed by atoms with E-state index in [-0.39, 0.29) is 16.6 Å². The van der Waals surface area contributed by atoms with Crippen molar-refractivity contribution in [3.05, 3.63) is 113 Å². The molecule has 0 bridgehead atoms. The molecule has 0 aliphatic heterocycles. The number of thioether (sulfide) groups is 1. The van der Waals surface area contributed by atoms with Crippen molar-refractivity contribution < 1.29 is 32.2 Å². The molecule has 0 aliphatic carbocycles. The Balaban J connectivity index is 1.56. The van der Waals surface area contributed by atoms with E-state index in [0.29, 0.717) is 33.2 Å². The molecule has 0 radical (unpaired) electrons. The second kappa shape index (κ2) is 13.0. The van der Waals surface area contributed by atoms with Crippen LogP contribution in [0.3, 0.4) is 0 Å². The number of amides is 2. The summed E-state index contributed by atoms with van der Waals surface area (Å²) in [5.41, 5.74) is 0.365. The third-order valence-corrected chi connectivity index (χ3v) is 7.46. The number of anilines is 2. The van der Waals surface area contributed by atoms with Gasteiger partial charge in [-0.15, -0.1) is 11.8 Å². The molecule has 0 saturated carbocycles. The van der Waals surface area contributed by atoms with Gasteiger partial charge in [0.2, 0.25) is 5.91 Å². The second-order valence-corrected chi connectivity index (χ2v) is 10.2. The van der Waals surface area contributed by atoms with Crippen molar-refractivity contribution >= 4 is 46.6 Å². The van der Waals surface area contributed by atoms with E-state index in [4.69, 9.17) is 21.1 Å². The first-order valence-corrected chi connectivity index (χ1v) is 13.4. The molecule has 41 heavy (non-hydrogen) atoms. The minimum atomic E-state index is -4.60. The van der Waals surface area contributed by atoms with Crippen molar-refractivity contribution in [3.8, 4) is 11.5 Å². The Kier molecular flexibility index (Phi) is 9.46. The second-order valence-electron chi connectivity index (χ2n) is 8.64. The van der Waals surface area contributed by atoms with Gasteiger partial charge >= 0.3 is 6.18 Å². The third kappa shape index (κ3) is 7.53. The highest BCUT2D eigenvalue weighted by atomic mass is 35.5. The summed E-state index contributed by atoms with van der Waals surface area (Å²) in [6.07, 6.45) is -4.60. The van der Waals surface area contributed by atoms with Crippen LogP contribution < -0.4 is 20.1 Å². The lowest BCUT2D eigenvalue weighted by molar-refractivity contribution is -0.137. The molecule has 0 saturated heterocycles. The minimum absolute atomic E-state index is 0.0250. The molecule has 2 N–H and O–H groups in total. The van der Waals surface area contributed by atoms with Gasteiger partial charge in [-0.25, -0.2) is 0 Å². The molecule has 4 rings (SSSR count). The van der Waals surface area contributed by atoms with Crippen molar-refractivity contribution in [2.24, 2.45) is 0 Å². The zero-order chi connectivity index (χ0) is 29.6. The minimum Gasteiger partial charge on any atom is -0.493 e. The maximum Gasteiger partial charge on any atom is 0.416 e. The van der Waals surface area contributed by atoms with Crippen molar-refractivity contribution in [1.29, 1.82) is 0 Å². The number of halogens is 4. The Hall–Kier alpha value is -4.15.